The fourth-order valence-electron chi connectivity index (χ4n) is 3.49. The third-order valence-electron chi connectivity index (χ3n) is 4.45. The minimum absolute atomic E-state index is 0.372. The van der Waals surface area contributed by atoms with Gasteiger partial charge < -0.3 is 4.74 Å². The first-order valence-corrected chi connectivity index (χ1v) is 12.3. The maximum absolute atomic E-state index is 6.32. The molecule has 2 rings (SSSR count). The fraction of sp³-hybridized carbons (Fsp3) is 0.667. The molecule has 4 heteroatoms. The van der Waals surface area contributed by atoms with E-state index in [4.69, 9.17) is 16.3 Å². The van der Waals surface area contributed by atoms with E-state index in [1.54, 1.807) is 0 Å². The third kappa shape index (κ3) is 5.69. The highest BCUT2D eigenvalue weighted by Crippen LogP contribution is 2.24. The second-order valence-corrected chi connectivity index (χ2v) is 13.1. The van der Waals surface area contributed by atoms with E-state index in [1.165, 1.54) is 30.6 Å². The lowest BCUT2D eigenvalue weighted by atomic mass is 10.2. The van der Waals surface area contributed by atoms with E-state index in [0.29, 0.717) is 12.2 Å². The van der Waals surface area contributed by atoms with Gasteiger partial charge in [-0.25, -0.2) is 0 Å². The molecule has 0 amide bonds. The minimum Gasteiger partial charge on any atom is -0.373 e. The number of halogens is 1. The van der Waals surface area contributed by atoms with E-state index in [2.05, 4.69) is 44.0 Å². The summed E-state index contributed by atoms with van der Waals surface area (Å²) >= 11 is 6.32. The molecule has 2 nitrogen and oxygen atoms in total. The molecule has 0 bridgehead atoms. The first-order valence-electron chi connectivity index (χ1n) is 8.47. The summed E-state index contributed by atoms with van der Waals surface area (Å²) in [6.07, 6.45) is 2.04. The second-order valence-electron chi connectivity index (χ2n) is 7.55. The maximum Gasteiger partial charge on any atom is 0.0678 e. The van der Waals surface area contributed by atoms with Crippen LogP contribution in [0.4, 0.5) is 0 Å². The van der Waals surface area contributed by atoms with Crippen molar-refractivity contribution < 1.29 is 4.74 Å². The molecular formula is C18H30ClNOSi. The molecule has 1 aliphatic rings. The minimum atomic E-state index is -1.24. The lowest BCUT2D eigenvalue weighted by Crippen LogP contribution is -2.46. The van der Waals surface area contributed by atoms with Crippen molar-refractivity contribution in [3.63, 3.8) is 0 Å². The second kappa shape index (κ2) is 7.96. The van der Waals surface area contributed by atoms with Crippen LogP contribution >= 0.6 is 11.6 Å². The summed E-state index contributed by atoms with van der Waals surface area (Å²) in [6.45, 7) is 12.7. The maximum atomic E-state index is 6.32. The number of rotatable bonds is 6. The van der Waals surface area contributed by atoms with Crippen LogP contribution < -0.4 is 0 Å². The average molecular weight is 340 g/mol. The Bertz CT molecular complexity index is 470. The Morgan fingerprint density at radius 1 is 1.18 bits per heavy atom. The van der Waals surface area contributed by atoms with Gasteiger partial charge in [0, 0.05) is 18.1 Å². The van der Waals surface area contributed by atoms with Gasteiger partial charge in [-0.1, -0.05) is 48.9 Å². The Balaban J connectivity index is 1.79. The molecule has 2 atom stereocenters. The van der Waals surface area contributed by atoms with Crippen molar-refractivity contribution >= 4 is 19.7 Å². The van der Waals surface area contributed by atoms with E-state index >= 15 is 0 Å². The number of morpholine rings is 1. The van der Waals surface area contributed by atoms with Crippen LogP contribution in [0.5, 0.6) is 0 Å². The van der Waals surface area contributed by atoms with E-state index in [0.717, 1.165) is 18.1 Å². The fourth-order valence-corrected chi connectivity index (χ4v) is 6.44. The van der Waals surface area contributed by atoms with Gasteiger partial charge in [0.25, 0.3) is 0 Å². The topological polar surface area (TPSA) is 12.5 Å². The summed E-state index contributed by atoms with van der Waals surface area (Å²) in [4.78, 5) is 2.57. The zero-order chi connectivity index (χ0) is 16.2. The summed E-state index contributed by atoms with van der Waals surface area (Å²) in [5, 5.41) is 0.930. The number of nitrogens with zero attached hydrogens (tertiary/aromatic N) is 1. The van der Waals surface area contributed by atoms with Gasteiger partial charge in [-0.3, -0.25) is 4.90 Å². The summed E-state index contributed by atoms with van der Waals surface area (Å²) in [6, 6.07) is 10.9. The van der Waals surface area contributed by atoms with Crippen LogP contribution in [0.1, 0.15) is 25.8 Å². The van der Waals surface area contributed by atoms with Crippen molar-refractivity contribution in [3.8, 4) is 0 Å². The van der Waals surface area contributed by atoms with Gasteiger partial charge in [0.1, 0.15) is 0 Å². The monoisotopic (exact) mass is 339 g/mol. The van der Waals surface area contributed by atoms with Gasteiger partial charge in [0.2, 0.25) is 0 Å². The van der Waals surface area contributed by atoms with Crippen LogP contribution in [0.15, 0.2) is 24.3 Å². The summed E-state index contributed by atoms with van der Waals surface area (Å²) in [5.74, 6) is 0. The Hall–Kier alpha value is -0.353. The molecule has 0 aliphatic carbocycles. The average Bonchev–Trinajstić information content (AvgIpc) is 2.40. The highest BCUT2D eigenvalue weighted by Gasteiger charge is 2.25. The third-order valence-corrected chi connectivity index (χ3v) is 7.86. The molecule has 0 radical (unpaired) electrons. The summed E-state index contributed by atoms with van der Waals surface area (Å²) in [5.41, 5.74) is 1.33. The van der Waals surface area contributed by atoms with Gasteiger partial charge >= 0.3 is 0 Å². The number of hydrogen-bond acceptors (Lipinski definition) is 2. The molecule has 0 N–H and O–H groups in total. The smallest absolute Gasteiger partial charge is 0.0678 e. The molecule has 1 aromatic rings. The van der Waals surface area contributed by atoms with Crippen LogP contribution in [0.3, 0.4) is 0 Å². The van der Waals surface area contributed by atoms with Crippen molar-refractivity contribution in [2.75, 3.05) is 19.6 Å². The normalized spacial score (nSPS) is 23.7. The van der Waals surface area contributed by atoms with Crippen molar-refractivity contribution in [1.82, 2.24) is 4.90 Å². The number of ether oxygens (including phenoxy) is 1. The Kier molecular flexibility index (Phi) is 6.51. The van der Waals surface area contributed by atoms with E-state index in [1.807, 2.05) is 12.1 Å². The predicted octanol–water partition coefficient (Wildman–Crippen LogP) is 4.63. The first kappa shape index (κ1) is 18.0. The van der Waals surface area contributed by atoms with Gasteiger partial charge in [0.15, 0.2) is 0 Å². The molecular weight excluding hydrogens is 310 g/mol. The van der Waals surface area contributed by atoms with Crippen molar-refractivity contribution in [1.29, 1.82) is 0 Å². The molecule has 124 valence electrons. The van der Waals surface area contributed by atoms with Crippen LogP contribution in [0, 0.1) is 0 Å². The van der Waals surface area contributed by atoms with Crippen LogP contribution in [0.25, 0.3) is 0 Å². The van der Waals surface area contributed by atoms with Crippen molar-refractivity contribution in [3.05, 3.63) is 34.9 Å². The molecule has 0 saturated carbocycles. The van der Waals surface area contributed by atoms with Gasteiger partial charge in [0.05, 0.1) is 20.3 Å². The van der Waals surface area contributed by atoms with Crippen molar-refractivity contribution in [2.45, 2.75) is 57.7 Å². The predicted molar refractivity (Wildman–Crippen MR) is 98.5 cm³/mol. The first-order chi connectivity index (χ1) is 10.4. The highest BCUT2D eigenvalue weighted by atomic mass is 35.5. The SMILES string of the molecule is CC1CN(CCC[Si](C)(C)Cc2ccccc2Cl)CC(C)O1. The Morgan fingerprint density at radius 2 is 1.82 bits per heavy atom. The zero-order valence-electron chi connectivity index (χ0n) is 14.4. The molecule has 2 unspecified atom stereocenters. The van der Waals surface area contributed by atoms with Crippen LogP contribution in [-0.2, 0) is 10.8 Å². The molecule has 1 saturated heterocycles. The summed E-state index contributed by atoms with van der Waals surface area (Å²) < 4.78 is 5.81. The molecule has 1 fully saturated rings. The highest BCUT2D eigenvalue weighted by molar-refractivity contribution is 6.76. The Labute approximate surface area is 141 Å². The molecule has 22 heavy (non-hydrogen) atoms. The zero-order valence-corrected chi connectivity index (χ0v) is 16.2. The van der Waals surface area contributed by atoms with E-state index in [-0.39, 0.29) is 0 Å². The molecule has 1 aliphatic heterocycles. The lowest BCUT2D eigenvalue weighted by molar-refractivity contribution is -0.0677. The molecule has 1 aromatic carbocycles. The number of hydrogen-bond donors (Lipinski definition) is 0. The number of benzene rings is 1. The summed E-state index contributed by atoms with van der Waals surface area (Å²) in [7, 11) is -1.24. The largest absolute Gasteiger partial charge is 0.373 e. The van der Waals surface area contributed by atoms with Gasteiger partial charge in [-0.2, -0.15) is 0 Å². The lowest BCUT2D eigenvalue weighted by Gasteiger charge is -2.35. The van der Waals surface area contributed by atoms with Gasteiger partial charge in [-0.15, -0.1) is 0 Å². The van der Waals surface area contributed by atoms with E-state index < -0.39 is 8.07 Å². The van der Waals surface area contributed by atoms with E-state index in [9.17, 15) is 0 Å². The van der Waals surface area contributed by atoms with Crippen LogP contribution in [-0.4, -0.2) is 44.8 Å². The molecule has 0 aromatic heterocycles. The quantitative estimate of drug-likeness (QED) is 0.700. The molecule has 0 spiro atoms. The Morgan fingerprint density at radius 3 is 2.45 bits per heavy atom. The van der Waals surface area contributed by atoms with Gasteiger partial charge in [-0.05, 0) is 44.5 Å². The standard InChI is InChI=1S/C18H30ClNOSi/c1-15-12-20(13-16(2)21-15)10-7-11-22(3,4)14-17-8-5-6-9-18(17)19/h5-6,8-9,15-16H,7,10-14H2,1-4H3. The van der Waals surface area contributed by atoms with Crippen LogP contribution in [0.2, 0.25) is 24.2 Å². The molecule has 1 heterocycles. The van der Waals surface area contributed by atoms with Crippen molar-refractivity contribution in [2.24, 2.45) is 0 Å².